The molecule has 1 fully saturated rings. The van der Waals surface area contributed by atoms with Crippen LogP contribution in [0.2, 0.25) is 0 Å². The molecule has 1 atom stereocenters. The van der Waals surface area contributed by atoms with Crippen molar-refractivity contribution in [2.24, 2.45) is 0 Å². The van der Waals surface area contributed by atoms with Crippen LogP contribution in [-0.2, 0) is 9.31 Å². The van der Waals surface area contributed by atoms with Gasteiger partial charge in [-0.2, -0.15) is 5.10 Å². The summed E-state index contributed by atoms with van der Waals surface area (Å²) in [5, 5.41) is 4.38. The summed E-state index contributed by atoms with van der Waals surface area (Å²) in [5.74, 6) is 0. The minimum atomic E-state index is -0.312. The Balaban J connectivity index is 2.17. The van der Waals surface area contributed by atoms with Crippen LogP contribution in [0.1, 0.15) is 54.0 Å². The quantitative estimate of drug-likeness (QED) is 0.771. The van der Waals surface area contributed by atoms with Gasteiger partial charge in [-0.25, -0.2) is 0 Å². The Labute approximate surface area is 110 Å². The molecule has 0 amide bonds. The van der Waals surface area contributed by atoms with E-state index in [4.69, 9.17) is 9.31 Å². The van der Waals surface area contributed by atoms with E-state index in [2.05, 4.69) is 46.6 Å². The Morgan fingerprint density at radius 2 is 1.83 bits per heavy atom. The van der Waals surface area contributed by atoms with Crippen LogP contribution in [0.4, 0.5) is 0 Å². The molecule has 18 heavy (non-hydrogen) atoms. The van der Waals surface area contributed by atoms with Gasteiger partial charge in [-0.05, 0) is 41.0 Å². The van der Waals surface area contributed by atoms with Gasteiger partial charge in [-0.3, -0.25) is 4.68 Å². The summed E-state index contributed by atoms with van der Waals surface area (Å²) in [4.78, 5) is 0. The molecular weight excluding hydrogens is 227 g/mol. The van der Waals surface area contributed by atoms with Crippen LogP contribution in [0.3, 0.4) is 0 Å². The first-order chi connectivity index (χ1) is 8.27. The van der Waals surface area contributed by atoms with Crippen molar-refractivity contribution in [1.82, 2.24) is 9.78 Å². The molecule has 5 heteroatoms. The van der Waals surface area contributed by atoms with E-state index in [1.54, 1.807) is 0 Å². The maximum atomic E-state index is 6.00. The van der Waals surface area contributed by atoms with Gasteiger partial charge in [0, 0.05) is 23.9 Å². The van der Waals surface area contributed by atoms with Crippen molar-refractivity contribution in [3.8, 4) is 0 Å². The summed E-state index contributed by atoms with van der Waals surface area (Å²) in [6.07, 6.45) is 4.93. The maximum absolute atomic E-state index is 6.00. The lowest BCUT2D eigenvalue weighted by molar-refractivity contribution is 0.00578. The van der Waals surface area contributed by atoms with E-state index in [-0.39, 0.29) is 18.3 Å². The van der Waals surface area contributed by atoms with Gasteiger partial charge in [0.2, 0.25) is 0 Å². The van der Waals surface area contributed by atoms with Crippen molar-refractivity contribution in [1.29, 1.82) is 0 Å². The van der Waals surface area contributed by atoms with Gasteiger partial charge < -0.3 is 9.31 Å². The fourth-order valence-electron chi connectivity index (χ4n) is 1.88. The highest BCUT2D eigenvalue weighted by Gasteiger charge is 2.52. The first-order valence-electron chi connectivity index (χ1n) is 6.66. The molecule has 0 aromatic carbocycles. The first kappa shape index (κ1) is 13.6. The van der Waals surface area contributed by atoms with E-state index in [9.17, 15) is 0 Å². The van der Waals surface area contributed by atoms with Gasteiger partial charge in [-0.1, -0.05) is 6.92 Å². The molecule has 1 aromatic rings. The second-order valence-corrected chi connectivity index (χ2v) is 6.10. The van der Waals surface area contributed by atoms with Crippen molar-refractivity contribution >= 4 is 12.6 Å². The van der Waals surface area contributed by atoms with Crippen molar-refractivity contribution in [3.63, 3.8) is 0 Å². The largest absolute Gasteiger partial charge is 0.498 e. The van der Waals surface area contributed by atoms with Gasteiger partial charge in [0.15, 0.2) is 0 Å². The van der Waals surface area contributed by atoms with Crippen molar-refractivity contribution in [3.05, 3.63) is 12.4 Å². The lowest BCUT2D eigenvalue weighted by Crippen LogP contribution is -2.41. The number of nitrogens with zero attached hydrogens (tertiary/aromatic N) is 2. The predicted octanol–water partition coefficient (Wildman–Crippen LogP) is 2.15. The molecule has 0 N–H and O–H groups in total. The lowest BCUT2D eigenvalue weighted by Gasteiger charge is -2.32. The number of hydrogen-bond donors (Lipinski definition) is 0. The summed E-state index contributed by atoms with van der Waals surface area (Å²) in [5.41, 5.74) is 0.403. The van der Waals surface area contributed by atoms with Gasteiger partial charge in [0.05, 0.1) is 11.2 Å². The molecule has 0 radical (unpaired) electrons. The highest BCUT2D eigenvalue weighted by atomic mass is 16.7. The molecule has 0 spiro atoms. The molecular formula is C13H23BN2O2. The Hall–Kier alpha value is -0.805. The Bertz CT molecular complexity index is 412. The van der Waals surface area contributed by atoms with Crippen LogP contribution in [0.25, 0.3) is 0 Å². The summed E-state index contributed by atoms with van der Waals surface area (Å²) in [6.45, 7) is 12.6. The first-order valence-corrected chi connectivity index (χ1v) is 6.66. The molecule has 1 aliphatic heterocycles. The van der Waals surface area contributed by atoms with Crippen molar-refractivity contribution in [2.75, 3.05) is 0 Å². The summed E-state index contributed by atoms with van der Waals surface area (Å²) in [6, 6.07) is 0.404. The van der Waals surface area contributed by atoms with Crippen LogP contribution >= 0.6 is 0 Å². The monoisotopic (exact) mass is 250 g/mol. The minimum Gasteiger partial charge on any atom is -0.399 e. The van der Waals surface area contributed by atoms with E-state index in [1.807, 2.05) is 17.1 Å². The van der Waals surface area contributed by atoms with E-state index in [0.717, 1.165) is 11.9 Å². The highest BCUT2D eigenvalue weighted by Crippen LogP contribution is 2.36. The van der Waals surface area contributed by atoms with Crippen LogP contribution in [0.15, 0.2) is 12.4 Å². The summed E-state index contributed by atoms with van der Waals surface area (Å²) >= 11 is 0. The fraction of sp³-hybridized carbons (Fsp3) is 0.769. The van der Waals surface area contributed by atoms with Gasteiger partial charge >= 0.3 is 7.12 Å². The average molecular weight is 250 g/mol. The predicted molar refractivity (Wildman–Crippen MR) is 72.9 cm³/mol. The van der Waals surface area contributed by atoms with E-state index < -0.39 is 0 Å². The number of hydrogen-bond acceptors (Lipinski definition) is 3. The SMILES string of the molecule is CC[C@H](C)n1cc(B2OC(C)(C)C(C)(C)O2)cn1. The van der Waals surface area contributed by atoms with Crippen molar-refractivity contribution in [2.45, 2.75) is 65.2 Å². The van der Waals surface area contributed by atoms with E-state index in [1.165, 1.54) is 0 Å². The molecule has 4 nitrogen and oxygen atoms in total. The topological polar surface area (TPSA) is 36.3 Å². The molecule has 2 rings (SSSR count). The molecule has 0 aliphatic carbocycles. The lowest BCUT2D eigenvalue weighted by atomic mass is 9.82. The fourth-order valence-corrected chi connectivity index (χ4v) is 1.88. The normalized spacial score (nSPS) is 23.3. The van der Waals surface area contributed by atoms with Crippen LogP contribution in [0.5, 0.6) is 0 Å². The van der Waals surface area contributed by atoms with Crippen LogP contribution in [0, 0.1) is 0 Å². The average Bonchev–Trinajstić information content (AvgIpc) is 2.82. The molecule has 2 heterocycles. The molecule has 0 unspecified atom stereocenters. The number of rotatable bonds is 3. The highest BCUT2D eigenvalue weighted by molar-refractivity contribution is 6.61. The smallest absolute Gasteiger partial charge is 0.399 e. The van der Waals surface area contributed by atoms with Gasteiger partial charge in [-0.15, -0.1) is 0 Å². The maximum Gasteiger partial charge on any atom is 0.498 e. The standard InChI is InChI=1S/C13H23BN2O2/c1-7-10(2)16-9-11(8-15-16)14-17-12(3,4)13(5,6)18-14/h8-10H,7H2,1-6H3/t10-/m0/s1. The second kappa shape index (κ2) is 4.39. The van der Waals surface area contributed by atoms with E-state index in [0.29, 0.717) is 6.04 Å². The van der Waals surface area contributed by atoms with Crippen molar-refractivity contribution < 1.29 is 9.31 Å². The second-order valence-electron chi connectivity index (χ2n) is 6.10. The minimum absolute atomic E-state index is 0.295. The Kier molecular flexibility index (Phi) is 3.32. The third-order valence-electron chi connectivity index (χ3n) is 4.19. The molecule has 1 aliphatic rings. The number of aromatic nitrogens is 2. The van der Waals surface area contributed by atoms with Crippen LogP contribution in [-0.4, -0.2) is 28.1 Å². The molecule has 1 saturated heterocycles. The van der Waals surface area contributed by atoms with Gasteiger partial charge in [0.25, 0.3) is 0 Å². The summed E-state index contributed by atoms with van der Waals surface area (Å²) in [7, 11) is -0.312. The third kappa shape index (κ3) is 2.21. The van der Waals surface area contributed by atoms with Gasteiger partial charge in [0.1, 0.15) is 0 Å². The van der Waals surface area contributed by atoms with Crippen LogP contribution < -0.4 is 5.46 Å². The Morgan fingerprint density at radius 3 is 2.33 bits per heavy atom. The molecule has 0 saturated carbocycles. The molecule has 100 valence electrons. The Morgan fingerprint density at radius 1 is 1.28 bits per heavy atom. The zero-order valence-corrected chi connectivity index (χ0v) is 12.2. The molecule has 0 bridgehead atoms. The zero-order chi connectivity index (χ0) is 13.6. The third-order valence-corrected chi connectivity index (χ3v) is 4.19. The zero-order valence-electron chi connectivity index (χ0n) is 12.2. The summed E-state index contributed by atoms with van der Waals surface area (Å²) < 4.78 is 14.0. The van der Waals surface area contributed by atoms with E-state index >= 15 is 0 Å². The molecule has 1 aromatic heterocycles.